The van der Waals surface area contributed by atoms with Gasteiger partial charge in [-0.25, -0.2) is 6.08 Å². The Morgan fingerprint density at radius 1 is 1.23 bits per heavy atom. The van der Waals surface area contributed by atoms with Gasteiger partial charge in [0.25, 0.3) is 0 Å². The third kappa shape index (κ3) is 9.42. The molecule has 0 aromatic rings. The van der Waals surface area contributed by atoms with Gasteiger partial charge in [-0.15, -0.1) is 0 Å². The molecule has 1 rings (SSSR count). The van der Waals surface area contributed by atoms with E-state index >= 15 is 0 Å². The van der Waals surface area contributed by atoms with Crippen LogP contribution in [-0.2, 0) is 13.1 Å². The van der Waals surface area contributed by atoms with E-state index in [4.69, 9.17) is 0 Å². The van der Waals surface area contributed by atoms with E-state index in [1.165, 1.54) is 8.26 Å². The maximum absolute atomic E-state index is 10.2. The van der Waals surface area contributed by atoms with E-state index in [0.29, 0.717) is 0 Å². The second-order valence-electron chi connectivity index (χ2n) is 2.47. The van der Waals surface area contributed by atoms with Crippen molar-refractivity contribution in [1.29, 1.82) is 0 Å². The van der Waals surface area contributed by atoms with Gasteiger partial charge in [-0.1, -0.05) is 25.0 Å². The molecule has 0 spiro atoms. The predicted molar refractivity (Wildman–Crippen MR) is 69.4 cm³/mol. The summed E-state index contributed by atoms with van der Waals surface area (Å²) in [7, 11) is 1.38. The number of allylic oxidation sites excluding steroid dienone is 4. The summed E-state index contributed by atoms with van der Waals surface area (Å²) in [6.45, 7) is 0. The molecule has 0 N–H and O–H groups in total. The zero-order valence-electron chi connectivity index (χ0n) is 7.06. The van der Waals surface area contributed by atoms with Gasteiger partial charge >= 0.3 is 49.1 Å². The molecular weight excluding hydrogens is 437 g/mol. The van der Waals surface area contributed by atoms with Gasteiger partial charge in [0.05, 0.1) is 0 Å². The normalized spacial score (nSPS) is 22.8. The number of rotatable bonds is 1. The summed E-state index contributed by atoms with van der Waals surface area (Å²) < 4.78 is 0. The molecule has 0 amide bonds. The summed E-state index contributed by atoms with van der Waals surface area (Å²) in [5, 5.41) is 0. The SMILES string of the molecule is O=[C-]/C1=C/CC/C=C\CC1.[I][Co+][I]. The van der Waals surface area contributed by atoms with Crippen LogP contribution in [-0.4, -0.2) is 6.29 Å². The molecule has 0 fully saturated rings. The van der Waals surface area contributed by atoms with Crippen molar-refractivity contribution >= 4 is 47.1 Å². The Morgan fingerprint density at radius 3 is 2.46 bits per heavy atom. The third-order valence-electron chi connectivity index (χ3n) is 1.60. The Kier molecular flexibility index (Phi) is 12.2. The third-order valence-corrected chi connectivity index (χ3v) is 1.60. The molecule has 13 heavy (non-hydrogen) atoms. The van der Waals surface area contributed by atoms with Crippen LogP contribution >= 0.6 is 40.8 Å². The fourth-order valence-corrected chi connectivity index (χ4v) is 1.02. The number of hydrogen-bond donors (Lipinski definition) is 0. The van der Waals surface area contributed by atoms with Crippen LogP contribution in [0.4, 0.5) is 0 Å². The molecule has 0 bridgehead atoms. The Labute approximate surface area is 108 Å². The van der Waals surface area contributed by atoms with Crippen LogP contribution in [0.5, 0.6) is 0 Å². The fourth-order valence-electron chi connectivity index (χ4n) is 1.02. The van der Waals surface area contributed by atoms with Gasteiger partial charge in [0.1, 0.15) is 0 Å². The summed E-state index contributed by atoms with van der Waals surface area (Å²) in [6, 6.07) is 0. The minimum atomic E-state index is 0.837. The molecule has 0 unspecified atom stereocenters. The molecule has 1 aliphatic carbocycles. The molecule has 0 radical (unpaired) electrons. The van der Waals surface area contributed by atoms with Crippen molar-refractivity contribution in [3.63, 3.8) is 0 Å². The van der Waals surface area contributed by atoms with Crippen molar-refractivity contribution in [2.45, 2.75) is 25.7 Å². The zero-order chi connectivity index (χ0) is 9.94. The van der Waals surface area contributed by atoms with E-state index < -0.39 is 0 Å². The van der Waals surface area contributed by atoms with Crippen LogP contribution in [0.3, 0.4) is 0 Å². The average Bonchev–Trinajstić information content (AvgIpc) is 2.05. The first kappa shape index (κ1) is 14.1. The van der Waals surface area contributed by atoms with Crippen molar-refractivity contribution in [3.05, 3.63) is 23.8 Å². The van der Waals surface area contributed by atoms with Crippen LogP contribution < -0.4 is 0 Å². The van der Waals surface area contributed by atoms with Gasteiger partial charge in [0, 0.05) is 0 Å². The van der Waals surface area contributed by atoms with E-state index in [1.54, 1.807) is 0 Å². The topological polar surface area (TPSA) is 17.1 Å². The van der Waals surface area contributed by atoms with Crippen molar-refractivity contribution < 1.29 is 13.1 Å². The van der Waals surface area contributed by atoms with Crippen molar-refractivity contribution in [1.82, 2.24) is 0 Å². The molecule has 0 aromatic heterocycles. The first-order valence-electron chi connectivity index (χ1n) is 3.91. The Hall–Kier alpha value is 1.12. The molecule has 76 valence electrons. The second-order valence-corrected chi connectivity index (χ2v) is 11.3. The Morgan fingerprint density at radius 2 is 1.85 bits per heavy atom. The van der Waals surface area contributed by atoms with Crippen molar-refractivity contribution in [3.8, 4) is 0 Å². The quantitative estimate of drug-likeness (QED) is 0.338. The van der Waals surface area contributed by atoms with Gasteiger partial charge < -0.3 is 4.79 Å². The average molecular weight is 448 g/mol. The molecule has 0 saturated carbocycles. The zero-order valence-corrected chi connectivity index (χ0v) is 12.4. The first-order chi connectivity index (χ1) is 6.35. The van der Waals surface area contributed by atoms with Gasteiger partial charge in [0.15, 0.2) is 0 Å². The monoisotopic (exact) mass is 448 g/mol. The number of halogens is 2. The van der Waals surface area contributed by atoms with E-state index in [2.05, 4.69) is 53.0 Å². The van der Waals surface area contributed by atoms with E-state index in [9.17, 15) is 4.79 Å². The molecule has 0 aliphatic heterocycles. The molecule has 1 aliphatic rings. The van der Waals surface area contributed by atoms with Gasteiger partial charge in [0.2, 0.25) is 0 Å². The van der Waals surface area contributed by atoms with Gasteiger partial charge in [-0.3, -0.25) is 0 Å². The standard InChI is InChI=1S/C9H11O.Co.2HI/c10-8-9-6-4-2-1-3-5-7-9;;;/h1-2,7H,3-6H2;;2*1H/q-1;+3;;/p-2/b2-1-,9-7+;;;. The minimum absolute atomic E-state index is 0.837. The maximum atomic E-state index is 10.2. The second kappa shape index (κ2) is 11.2. The van der Waals surface area contributed by atoms with Gasteiger partial charge in [-0.2, -0.15) is 5.57 Å². The van der Waals surface area contributed by atoms with E-state index in [0.717, 1.165) is 31.3 Å². The Balaban J connectivity index is 0.000000424. The number of carbonyl (C=O) groups excluding carboxylic acids is 1. The van der Waals surface area contributed by atoms with Crippen LogP contribution in [0.1, 0.15) is 25.7 Å². The molecule has 0 heterocycles. The molecule has 0 saturated heterocycles. The Bertz CT molecular complexity index is 190. The molecule has 4 heteroatoms. The molecule has 0 aromatic carbocycles. The van der Waals surface area contributed by atoms with Crippen LogP contribution in [0.2, 0.25) is 0 Å². The molecular formula is C9H11CoI2O. The van der Waals surface area contributed by atoms with E-state index in [1.807, 2.05) is 12.4 Å². The summed E-state index contributed by atoms with van der Waals surface area (Å²) in [6.07, 6.45) is 12.1. The molecule has 1 nitrogen and oxygen atoms in total. The van der Waals surface area contributed by atoms with Gasteiger partial charge in [-0.05, 0) is 19.1 Å². The van der Waals surface area contributed by atoms with Crippen molar-refractivity contribution in [2.75, 3.05) is 0 Å². The summed E-state index contributed by atoms with van der Waals surface area (Å²) >= 11 is 4.49. The summed E-state index contributed by atoms with van der Waals surface area (Å²) in [4.78, 5) is 10.2. The van der Waals surface area contributed by atoms with E-state index in [-0.39, 0.29) is 0 Å². The molecule has 0 atom stereocenters. The van der Waals surface area contributed by atoms with Crippen LogP contribution in [0.15, 0.2) is 23.8 Å². The van der Waals surface area contributed by atoms with Crippen LogP contribution in [0.25, 0.3) is 0 Å². The van der Waals surface area contributed by atoms with Crippen LogP contribution in [0, 0.1) is 0 Å². The predicted octanol–water partition coefficient (Wildman–Crippen LogP) is 3.92. The number of hydrogen-bond acceptors (Lipinski definition) is 1. The first-order valence-corrected chi connectivity index (χ1v) is 10.6. The van der Waals surface area contributed by atoms with Crippen molar-refractivity contribution in [2.24, 2.45) is 0 Å². The fraction of sp³-hybridized carbons (Fsp3) is 0.444. The summed E-state index contributed by atoms with van der Waals surface area (Å²) in [5.74, 6) is 0. The summed E-state index contributed by atoms with van der Waals surface area (Å²) in [5.41, 5.74) is 0.837.